The van der Waals surface area contributed by atoms with Crippen LogP contribution < -0.4 is 4.72 Å². The number of aromatic nitrogens is 1. The Balaban J connectivity index is 1.51. The zero-order valence-electron chi connectivity index (χ0n) is 16.1. The third-order valence-corrected chi connectivity index (χ3v) is 8.73. The molecule has 10 heteroatoms. The van der Waals surface area contributed by atoms with E-state index >= 15 is 0 Å². The van der Waals surface area contributed by atoms with Crippen molar-refractivity contribution in [2.45, 2.75) is 36.6 Å². The SMILES string of the molecule is CCC[C@@H](NS(=O)(=O)c1ccc(CN2C(=O)c3cccnc3C2=O)s1)c1cccs1. The average molecular weight is 462 g/mol. The summed E-state index contributed by atoms with van der Waals surface area (Å²) in [7, 11) is -3.73. The zero-order chi connectivity index (χ0) is 21.3. The van der Waals surface area contributed by atoms with Crippen molar-refractivity contribution in [3.05, 3.63) is 69.0 Å². The summed E-state index contributed by atoms with van der Waals surface area (Å²) in [5, 5.41) is 1.92. The highest BCUT2D eigenvalue weighted by molar-refractivity contribution is 7.91. The summed E-state index contributed by atoms with van der Waals surface area (Å²) in [6.45, 7) is 2.02. The zero-order valence-corrected chi connectivity index (χ0v) is 18.5. The number of imide groups is 1. The van der Waals surface area contributed by atoms with Crippen molar-refractivity contribution in [1.82, 2.24) is 14.6 Å². The Labute approximate surface area is 182 Å². The molecule has 3 aromatic heterocycles. The Hall–Kier alpha value is -2.40. The lowest BCUT2D eigenvalue weighted by Gasteiger charge is -2.16. The van der Waals surface area contributed by atoms with E-state index in [2.05, 4.69) is 9.71 Å². The van der Waals surface area contributed by atoms with Crippen molar-refractivity contribution in [3.63, 3.8) is 0 Å². The number of hydrogen-bond donors (Lipinski definition) is 1. The molecule has 0 aliphatic carbocycles. The first-order valence-corrected chi connectivity index (χ1v) is 12.5. The highest BCUT2D eigenvalue weighted by Crippen LogP contribution is 2.30. The molecule has 0 fully saturated rings. The number of nitrogens with one attached hydrogen (secondary N) is 1. The molecular weight excluding hydrogens is 442 g/mol. The molecule has 7 nitrogen and oxygen atoms in total. The predicted octanol–water partition coefficient (Wildman–Crippen LogP) is 3.82. The Morgan fingerprint density at radius 2 is 1.97 bits per heavy atom. The topological polar surface area (TPSA) is 96.4 Å². The second-order valence-corrected chi connectivity index (χ2v) is 10.9. The lowest BCUT2D eigenvalue weighted by Crippen LogP contribution is -2.29. The fourth-order valence-corrected chi connectivity index (χ4v) is 6.78. The number of nitrogens with zero attached hydrogens (tertiary/aromatic N) is 2. The number of hydrogen-bond acceptors (Lipinski definition) is 7. The Morgan fingerprint density at radius 1 is 1.13 bits per heavy atom. The number of amides is 2. The van der Waals surface area contributed by atoms with Crippen molar-refractivity contribution in [3.8, 4) is 0 Å². The van der Waals surface area contributed by atoms with Gasteiger partial charge >= 0.3 is 0 Å². The van der Waals surface area contributed by atoms with Gasteiger partial charge in [0.15, 0.2) is 0 Å². The molecule has 0 saturated heterocycles. The van der Waals surface area contributed by atoms with Crippen molar-refractivity contribution in [2.24, 2.45) is 0 Å². The van der Waals surface area contributed by atoms with E-state index in [4.69, 9.17) is 0 Å². The van der Waals surface area contributed by atoms with Crippen LogP contribution in [0.5, 0.6) is 0 Å². The maximum atomic E-state index is 12.9. The van der Waals surface area contributed by atoms with Gasteiger partial charge in [0.25, 0.3) is 21.8 Å². The molecule has 0 radical (unpaired) electrons. The number of pyridine rings is 1. The Morgan fingerprint density at radius 3 is 2.67 bits per heavy atom. The van der Waals surface area contributed by atoms with Crippen LogP contribution in [-0.4, -0.2) is 30.1 Å². The van der Waals surface area contributed by atoms with Crippen LogP contribution in [0.15, 0.2) is 52.2 Å². The van der Waals surface area contributed by atoms with Crippen molar-refractivity contribution >= 4 is 44.5 Å². The minimum absolute atomic E-state index is 0.0114. The average Bonchev–Trinajstić information content (AvgIpc) is 3.46. The van der Waals surface area contributed by atoms with Gasteiger partial charge in [-0.25, -0.2) is 13.1 Å². The number of rotatable bonds is 8. The van der Waals surface area contributed by atoms with Crippen LogP contribution in [0.2, 0.25) is 0 Å². The molecule has 0 unspecified atom stereocenters. The molecule has 30 heavy (non-hydrogen) atoms. The number of fused-ring (bicyclic) bond motifs is 1. The predicted molar refractivity (Wildman–Crippen MR) is 115 cm³/mol. The van der Waals surface area contributed by atoms with Crippen LogP contribution in [0.4, 0.5) is 0 Å². The van der Waals surface area contributed by atoms with Gasteiger partial charge < -0.3 is 0 Å². The Bertz CT molecular complexity index is 1150. The second kappa shape index (κ2) is 8.38. The molecule has 1 aliphatic heterocycles. The summed E-state index contributed by atoms with van der Waals surface area (Å²) in [6, 6.07) is 9.85. The van der Waals surface area contributed by atoms with Crippen LogP contribution in [0.3, 0.4) is 0 Å². The van der Waals surface area contributed by atoms with E-state index in [9.17, 15) is 18.0 Å². The molecule has 0 saturated carbocycles. The molecule has 4 rings (SSSR count). The molecule has 1 N–H and O–H groups in total. The normalized spacial score (nSPS) is 14.9. The molecule has 4 heterocycles. The standard InChI is InChI=1S/C20H19N3O4S3/c1-2-5-15(16-7-4-11-28-16)22-30(26,27)17-9-8-13(29-17)12-23-19(24)14-6-3-10-21-18(14)20(23)25/h3-4,6-11,15,22H,2,5,12H2,1H3/t15-/m1/s1. The third kappa shape index (κ3) is 3.95. The maximum absolute atomic E-state index is 12.9. The van der Waals surface area contributed by atoms with Gasteiger partial charge in [0.1, 0.15) is 9.90 Å². The van der Waals surface area contributed by atoms with Crippen LogP contribution in [0, 0.1) is 0 Å². The quantitative estimate of drug-likeness (QED) is 0.515. The third-order valence-electron chi connectivity index (χ3n) is 4.71. The summed E-state index contributed by atoms with van der Waals surface area (Å²) in [6.07, 6.45) is 3.00. The molecule has 1 aliphatic rings. The summed E-state index contributed by atoms with van der Waals surface area (Å²) >= 11 is 2.57. The monoisotopic (exact) mass is 461 g/mol. The molecule has 156 valence electrons. The molecule has 2 amide bonds. The largest absolute Gasteiger partial charge is 0.280 e. The van der Waals surface area contributed by atoms with Gasteiger partial charge in [-0.15, -0.1) is 22.7 Å². The van der Waals surface area contributed by atoms with Gasteiger partial charge in [-0.1, -0.05) is 19.4 Å². The van der Waals surface area contributed by atoms with Crippen LogP contribution >= 0.6 is 22.7 Å². The highest BCUT2D eigenvalue weighted by atomic mass is 32.2. The summed E-state index contributed by atoms with van der Waals surface area (Å²) < 4.78 is 28.8. The number of sulfonamides is 1. The van der Waals surface area contributed by atoms with Crippen LogP contribution in [0.25, 0.3) is 0 Å². The fraction of sp³-hybridized carbons (Fsp3) is 0.250. The van der Waals surface area contributed by atoms with Gasteiger partial charge in [0.05, 0.1) is 18.2 Å². The summed E-state index contributed by atoms with van der Waals surface area (Å²) in [5.41, 5.74) is 0.402. The highest BCUT2D eigenvalue weighted by Gasteiger charge is 2.37. The molecule has 1 atom stereocenters. The number of thiophene rings is 2. The van der Waals surface area contributed by atoms with Gasteiger partial charge in [-0.05, 0) is 42.1 Å². The van der Waals surface area contributed by atoms with E-state index in [1.165, 1.54) is 23.6 Å². The maximum Gasteiger partial charge on any atom is 0.280 e. The number of carbonyl (C=O) groups is 2. The molecular formula is C20H19N3O4S3. The lowest BCUT2D eigenvalue weighted by atomic mass is 10.1. The minimum Gasteiger partial charge on any atom is -0.268 e. The summed E-state index contributed by atoms with van der Waals surface area (Å²) in [4.78, 5) is 31.6. The minimum atomic E-state index is -3.73. The van der Waals surface area contributed by atoms with E-state index < -0.39 is 21.8 Å². The first-order valence-electron chi connectivity index (χ1n) is 9.36. The van der Waals surface area contributed by atoms with Crippen LogP contribution in [-0.2, 0) is 16.6 Å². The fourth-order valence-electron chi connectivity index (χ4n) is 3.28. The van der Waals surface area contributed by atoms with E-state index in [-0.39, 0.29) is 28.1 Å². The summed E-state index contributed by atoms with van der Waals surface area (Å²) in [5.74, 6) is -0.882. The van der Waals surface area contributed by atoms with E-state index in [0.29, 0.717) is 11.3 Å². The molecule has 0 aromatic carbocycles. The molecule has 0 spiro atoms. The smallest absolute Gasteiger partial charge is 0.268 e. The molecule has 3 aromatic rings. The van der Waals surface area contributed by atoms with Gasteiger partial charge in [0.2, 0.25) is 0 Å². The van der Waals surface area contributed by atoms with Crippen molar-refractivity contribution < 1.29 is 18.0 Å². The second-order valence-electron chi connectivity index (χ2n) is 6.79. The van der Waals surface area contributed by atoms with Gasteiger partial charge in [-0.2, -0.15) is 0 Å². The lowest BCUT2D eigenvalue weighted by molar-refractivity contribution is 0.0642. The first kappa shape index (κ1) is 20.9. The van der Waals surface area contributed by atoms with E-state index in [0.717, 1.165) is 27.5 Å². The van der Waals surface area contributed by atoms with Crippen LogP contribution in [0.1, 0.15) is 56.4 Å². The first-order chi connectivity index (χ1) is 14.4. The van der Waals surface area contributed by atoms with Gasteiger partial charge in [0, 0.05) is 16.0 Å². The van der Waals surface area contributed by atoms with E-state index in [1.807, 2.05) is 24.4 Å². The Kier molecular flexibility index (Phi) is 5.83. The van der Waals surface area contributed by atoms with Gasteiger partial charge in [-0.3, -0.25) is 19.5 Å². The van der Waals surface area contributed by atoms with Crippen molar-refractivity contribution in [1.29, 1.82) is 0 Å². The van der Waals surface area contributed by atoms with E-state index in [1.54, 1.807) is 18.2 Å². The molecule has 0 bridgehead atoms. The number of carbonyl (C=O) groups excluding carboxylic acids is 2. The van der Waals surface area contributed by atoms with Crippen molar-refractivity contribution in [2.75, 3.05) is 0 Å².